The average Bonchev–Trinajstić information content (AvgIpc) is 3.08. The fourth-order valence-corrected chi connectivity index (χ4v) is 3.24. The molecule has 1 aromatic carbocycles. The van der Waals surface area contributed by atoms with Crippen molar-refractivity contribution in [2.24, 2.45) is 0 Å². The van der Waals surface area contributed by atoms with Crippen molar-refractivity contribution in [3.8, 4) is 0 Å². The van der Waals surface area contributed by atoms with Gasteiger partial charge in [-0.3, -0.25) is 0 Å². The standard InChI is InChI=1S/C21H32BN3O4/c1-19(2,3)27-18(26)23-12-9-13-25-14-24-16-11-8-10-15(17(16)25)22-28-20(4,5)21(6,7)29-22/h8,10-11,14H,9,12-13H2,1-7H3,(H,23,26). The topological polar surface area (TPSA) is 74.6 Å². The monoisotopic (exact) mass is 401 g/mol. The summed E-state index contributed by atoms with van der Waals surface area (Å²) in [6, 6.07) is 5.99. The van der Waals surface area contributed by atoms with Crippen molar-refractivity contribution in [1.29, 1.82) is 0 Å². The van der Waals surface area contributed by atoms with Gasteiger partial charge < -0.3 is 23.9 Å². The molecule has 1 aromatic heterocycles. The zero-order valence-electron chi connectivity index (χ0n) is 18.5. The summed E-state index contributed by atoms with van der Waals surface area (Å²) < 4.78 is 19.9. The summed E-state index contributed by atoms with van der Waals surface area (Å²) in [5, 5.41) is 2.80. The van der Waals surface area contributed by atoms with Crippen LogP contribution in [0.4, 0.5) is 4.79 Å². The van der Waals surface area contributed by atoms with Crippen molar-refractivity contribution < 1.29 is 18.8 Å². The van der Waals surface area contributed by atoms with Crippen LogP contribution in [0.25, 0.3) is 11.0 Å². The quantitative estimate of drug-likeness (QED) is 0.615. The van der Waals surface area contributed by atoms with Gasteiger partial charge in [-0.2, -0.15) is 0 Å². The van der Waals surface area contributed by atoms with Crippen LogP contribution >= 0.6 is 0 Å². The zero-order valence-corrected chi connectivity index (χ0v) is 18.5. The van der Waals surface area contributed by atoms with Crippen molar-refractivity contribution in [2.75, 3.05) is 6.54 Å². The molecule has 3 rings (SSSR count). The third-order valence-corrected chi connectivity index (χ3v) is 5.42. The molecule has 29 heavy (non-hydrogen) atoms. The van der Waals surface area contributed by atoms with E-state index < -0.39 is 30.0 Å². The number of rotatable bonds is 5. The van der Waals surface area contributed by atoms with Gasteiger partial charge in [0.1, 0.15) is 5.60 Å². The molecule has 0 spiro atoms. The van der Waals surface area contributed by atoms with E-state index in [9.17, 15) is 4.79 Å². The van der Waals surface area contributed by atoms with Crippen LogP contribution in [0.5, 0.6) is 0 Å². The van der Waals surface area contributed by atoms with Gasteiger partial charge in [-0.15, -0.1) is 0 Å². The lowest BCUT2D eigenvalue weighted by Crippen LogP contribution is -2.41. The molecule has 0 unspecified atom stereocenters. The number of aryl methyl sites for hydroxylation is 1. The minimum absolute atomic E-state index is 0.397. The van der Waals surface area contributed by atoms with Crippen LogP contribution in [0.2, 0.25) is 0 Å². The Balaban J connectivity index is 1.70. The maximum absolute atomic E-state index is 11.8. The molecule has 1 aliphatic heterocycles. The highest BCUT2D eigenvalue weighted by Gasteiger charge is 2.52. The van der Waals surface area contributed by atoms with Crippen LogP contribution in [-0.4, -0.2) is 46.1 Å². The van der Waals surface area contributed by atoms with Crippen molar-refractivity contribution in [1.82, 2.24) is 14.9 Å². The molecular formula is C21H32BN3O4. The van der Waals surface area contributed by atoms with Crippen LogP contribution in [0.1, 0.15) is 54.9 Å². The third kappa shape index (κ3) is 4.75. The van der Waals surface area contributed by atoms with E-state index in [0.717, 1.165) is 22.9 Å². The Morgan fingerprint density at radius 3 is 2.48 bits per heavy atom. The molecule has 1 aliphatic rings. The van der Waals surface area contributed by atoms with Crippen LogP contribution in [-0.2, 0) is 20.6 Å². The Bertz CT molecular complexity index is 870. The summed E-state index contributed by atoms with van der Waals surface area (Å²) >= 11 is 0. The van der Waals surface area contributed by atoms with Crippen LogP contribution < -0.4 is 10.8 Å². The lowest BCUT2D eigenvalue weighted by Gasteiger charge is -2.32. The Morgan fingerprint density at radius 1 is 1.21 bits per heavy atom. The molecule has 158 valence electrons. The smallest absolute Gasteiger partial charge is 0.444 e. The molecule has 1 amide bonds. The fourth-order valence-electron chi connectivity index (χ4n) is 3.24. The van der Waals surface area contributed by atoms with Crippen LogP contribution in [0.15, 0.2) is 24.5 Å². The zero-order chi connectivity index (χ0) is 21.4. The first-order valence-corrected chi connectivity index (χ1v) is 10.2. The lowest BCUT2D eigenvalue weighted by atomic mass is 9.78. The van der Waals surface area contributed by atoms with E-state index in [-0.39, 0.29) is 0 Å². The number of ether oxygens (including phenoxy) is 1. The average molecular weight is 401 g/mol. The van der Waals surface area contributed by atoms with Crippen molar-refractivity contribution in [2.45, 2.75) is 78.2 Å². The van der Waals surface area contributed by atoms with Gasteiger partial charge in [0.2, 0.25) is 0 Å². The van der Waals surface area contributed by atoms with E-state index in [1.165, 1.54) is 0 Å². The predicted octanol–water partition coefficient (Wildman–Crippen LogP) is 3.25. The number of hydrogen-bond donors (Lipinski definition) is 1. The number of para-hydroxylation sites is 1. The summed E-state index contributed by atoms with van der Waals surface area (Å²) in [6.07, 6.45) is 2.18. The highest BCUT2D eigenvalue weighted by Crippen LogP contribution is 2.37. The number of benzene rings is 1. The molecule has 0 saturated carbocycles. The number of nitrogens with one attached hydrogen (secondary N) is 1. The Labute approximate surface area is 173 Å². The van der Waals surface area contributed by atoms with E-state index in [2.05, 4.69) is 14.9 Å². The van der Waals surface area contributed by atoms with Gasteiger partial charge in [-0.25, -0.2) is 9.78 Å². The molecule has 0 atom stereocenters. The number of imidazole rings is 1. The number of carbonyl (C=O) groups excluding carboxylic acids is 1. The van der Waals surface area contributed by atoms with Gasteiger partial charge >= 0.3 is 13.2 Å². The van der Waals surface area contributed by atoms with E-state index >= 15 is 0 Å². The second-order valence-corrected chi connectivity index (χ2v) is 9.52. The Morgan fingerprint density at radius 2 is 1.86 bits per heavy atom. The molecule has 0 bridgehead atoms. The molecule has 2 heterocycles. The minimum Gasteiger partial charge on any atom is -0.444 e. The Kier molecular flexibility index (Phi) is 5.71. The van der Waals surface area contributed by atoms with E-state index in [4.69, 9.17) is 14.0 Å². The van der Waals surface area contributed by atoms with Crippen LogP contribution in [0.3, 0.4) is 0 Å². The predicted molar refractivity (Wildman–Crippen MR) is 114 cm³/mol. The van der Waals surface area contributed by atoms with Gasteiger partial charge in [0.05, 0.1) is 28.6 Å². The first kappa shape index (κ1) is 21.6. The number of fused-ring (bicyclic) bond motifs is 1. The number of nitrogens with zero attached hydrogens (tertiary/aromatic N) is 2. The molecule has 0 aliphatic carbocycles. The van der Waals surface area contributed by atoms with Gasteiger partial charge in [-0.05, 0) is 61.0 Å². The van der Waals surface area contributed by atoms with Gasteiger partial charge in [0, 0.05) is 18.6 Å². The number of aromatic nitrogens is 2. The maximum Gasteiger partial charge on any atom is 0.497 e. The summed E-state index contributed by atoms with van der Waals surface area (Å²) in [7, 11) is -0.445. The second kappa shape index (κ2) is 7.65. The molecule has 1 saturated heterocycles. The van der Waals surface area contributed by atoms with Gasteiger partial charge in [0.25, 0.3) is 0 Å². The SMILES string of the molecule is CC(C)(C)OC(=O)NCCCn1cnc2cccc(B3OC(C)(C)C(C)(C)O3)c21. The summed E-state index contributed by atoms with van der Waals surface area (Å²) in [5.41, 5.74) is 1.58. The van der Waals surface area contributed by atoms with Gasteiger partial charge in [0.15, 0.2) is 0 Å². The van der Waals surface area contributed by atoms with E-state index in [1.54, 1.807) is 0 Å². The molecular weight excluding hydrogens is 369 g/mol. The first-order valence-electron chi connectivity index (χ1n) is 10.2. The number of carbonyl (C=O) groups is 1. The summed E-state index contributed by atoms with van der Waals surface area (Å²) in [6.45, 7) is 15.0. The maximum atomic E-state index is 11.8. The summed E-state index contributed by atoms with van der Waals surface area (Å²) in [4.78, 5) is 16.3. The Hall–Kier alpha value is -2.06. The second-order valence-electron chi connectivity index (χ2n) is 9.52. The highest BCUT2D eigenvalue weighted by atomic mass is 16.7. The molecule has 1 N–H and O–H groups in total. The third-order valence-electron chi connectivity index (χ3n) is 5.42. The van der Waals surface area contributed by atoms with Gasteiger partial charge in [-0.1, -0.05) is 12.1 Å². The van der Waals surface area contributed by atoms with Crippen molar-refractivity contribution >= 4 is 29.7 Å². The molecule has 7 nitrogen and oxygen atoms in total. The van der Waals surface area contributed by atoms with Crippen molar-refractivity contribution in [3.05, 3.63) is 24.5 Å². The number of amides is 1. The molecule has 8 heteroatoms. The minimum atomic E-state index is -0.498. The molecule has 2 aromatic rings. The summed E-state index contributed by atoms with van der Waals surface area (Å²) in [5.74, 6) is 0. The lowest BCUT2D eigenvalue weighted by molar-refractivity contribution is 0.00578. The van der Waals surface area contributed by atoms with E-state index in [0.29, 0.717) is 13.1 Å². The number of alkyl carbamates (subject to hydrolysis) is 1. The number of hydrogen-bond acceptors (Lipinski definition) is 5. The molecule has 1 fully saturated rings. The largest absolute Gasteiger partial charge is 0.497 e. The highest BCUT2D eigenvalue weighted by molar-refractivity contribution is 6.64. The van der Waals surface area contributed by atoms with Crippen LogP contribution in [0, 0.1) is 0 Å². The molecule has 0 radical (unpaired) electrons. The fraction of sp³-hybridized carbons (Fsp3) is 0.619. The first-order chi connectivity index (χ1) is 13.4. The van der Waals surface area contributed by atoms with E-state index in [1.807, 2.05) is 73.0 Å². The normalized spacial score (nSPS) is 18.2. The van der Waals surface area contributed by atoms with Crippen molar-refractivity contribution in [3.63, 3.8) is 0 Å².